The Hall–Kier alpha value is -4.27. The lowest BCUT2D eigenvalue weighted by molar-refractivity contribution is 0.0733. The predicted molar refractivity (Wildman–Crippen MR) is 123 cm³/mol. The van der Waals surface area contributed by atoms with Gasteiger partial charge in [0, 0.05) is 36.9 Å². The number of nitrogens with zero attached hydrogens (tertiary/aromatic N) is 6. The van der Waals surface area contributed by atoms with E-state index in [1.807, 2.05) is 35.2 Å². The van der Waals surface area contributed by atoms with Gasteiger partial charge in [-0.25, -0.2) is 19.6 Å². The monoisotopic (exact) mass is 441 g/mol. The molecule has 4 heterocycles. The maximum Gasteiger partial charge on any atom is 0.255 e. The summed E-state index contributed by atoms with van der Waals surface area (Å²) in [5.74, 6) is 1.48. The van der Waals surface area contributed by atoms with E-state index in [1.165, 1.54) is 0 Å². The first-order valence-corrected chi connectivity index (χ1v) is 10.7. The minimum absolute atomic E-state index is 0.0919. The van der Waals surface area contributed by atoms with Crippen molar-refractivity contribution in [1.82, 2.24) is 29.6 Å². The molecule has 1 atom stereocenters. The van der Waals surface area contributed by atoms with Gasteiger partial charge >= 0.3 is 0 Å². The van der Waals surface area contributed by atoms with Crippen LogP contribution in [0.3, 0.4) is 0 Å². The Morgan fingerprint density at radius 2 is 2.06 bits per heavy atom. The summed E-state index contributed by atoms with van der Waals surface area (Å²) < 4.78 is 7.03. The van der Waals surface area contributed by atoms with Crippen LogP contribution in [0.25, 0.3) is 16.9 Å². The largest absolute Gasteiger partial charge is 0.497 e. The van der Waals surface area contributed by atoms with Crippen molar-refractivity contribution in [3.63, 3.8) is 0 Å². The van der Waals surface area contributed by atoms with Crippen LogP contribution < -0.4 is 10.5 Å². The minimum atomic E-state index is -0.213. The average Bonchev–Trinajstić information content (AvgIpc) is 3.56. The van der Waals surface area contributed by atoms with Gasteiger partial charge in [-0.05, 0) is 48.7 Å². The van der Waals surface area contributed by atoms with Crippen LogP contribution >= 0.6 is 0 Å². The Morgan fingerprint density at radius 3 is 2.82 bits per heavy atom. The van der Waals surface area contributed by atoms with Crippen LogP contribution in [0.15, 0.2) is 67.3 Å². The molecule has 5 rings (SSSR count). The van der Waals surface area contributed by atoms with E-state index in [0.717, 1.165) is 35.4 Å². The fourth-order valence-corrected chi connectivity index (χ4v) is 4.19. The number of amides is 1. The van der Waals surface area contributed by atoms with E-state index in [2.05, 4.69) is 20.1 Å². The normalized spacial score (nSPS) is 15.5. The summed E-state index contributed by atoms with van der Waals surface area (Å²) in [6.45, 7) is 0.631. The van der Waals surface area contributed by atoms with Crippen molar-refractivity contribution in [3.8, 4) is 22.7 Å². The zero-order valence-electron chi connectivity index (χ0n) is 18.1. The molecule has 1 aromatic carbocycles. The van der Waals surface area contributed by atoms with E-state index in [0.29, 0.717) is 17.9 Å². The number of rotatable bonds is 5. The van der Waals surface area contributed by atoms with Crippen LogP contribution in [0.2, 0.25) is 0 Å². The van der Waals surface area contributed by atoms with Crippen LogP contribution in [0.1, 0.15) is 34.9 Å². The molecule has 33 heavy (non-hydrogen) atoms. The summed E-state index contributed by atoms with van der Waals surface area (Å²) in [6, 6.07) is 12.9. The fraction of sp³-hybridized carbons (Fsp3) is 0.208. The molecule has 9 heteroatoms. The number of hydrogen-bond acceptors (Lipinski definition) is 7. The zero-order valence-corrected chi connectivity index (χ0v) is 18.1. The van der Waals surface area contributed by atoms with E-state index in [9.17, 15) is 4.79 Å². The number of carbonyl (C=O) groups excluding carboxylic acids is 1. The summed E-state index contributed by atoms with van der Waals surface area (Å²) in [5.41, 5.74) is 8.96. The van der Waals surface area contributed by atoms with Gasteiger partial charge in [0.25, 0.3) is 5.91 Å². The number of anilines is 1. The van der Waals surface area contributed by atoms with Gasteiger partial charge in [-0.15, -0.1) is 0 Å². The highest BCUT2D eigenvalue weighted by Crippen LogP contribution is 2.38. The summed E-state index contributed by atoms with van der Waals surface area (Å²) in [5, 5.41) is 4.17. The lowest BCUT2D eigenvalue weighted by atomic mass is 9.99. The zero-order chi connectivity index (χ0) is 22.8. The predicted octanol–water partition coefficient (Wildman–Crippen LogP) is 3.29. The average molecular weight is 441 g/mol. The molecule has 0 aliphatic carbocycles. The molecular weight excluding hydrogens is 418 g/mol. The molecule has 9 nitrogen and oxygen atoms in total. The SMILES string of the molecule is COc1cccc(-c2cnc(N)nc2[C@H]2CCCN2C(=O)c2ccc(-n3cccn3)nc2)c1. The highest BCUT2D eigenvalue weighted by Gasteiger charge is 2.34. The maximum absolute atomic E-state index is 13.4. The van der Waals surface area contributed by atoms with Gasteiger partial charge in [0.1, 0.15) is 5.75 Å². The third-order valence-electron chi connectivity index (χ3n) is 5.78. The van der Waals surface area contributed by atoms with E-state index in [-0.39, 0.29) is 17.9 Å². The lowest BCUT2D eigenvalue weighted by Crippen LogP contribution is -2.31. The highest BCUT2D eigenvalue weighted by molar-refractivity contribution is 5.94. The molecule has 1 aliphatic heterocycles. The Balaban J connectivity index is 1.47. The number of nitrogen functional groups attached to an aromatic ring is 1. The Morgan fingerprint density at radius 1 is 1.15 bits per heavy atom. The van der Waals surface area contributed by atoms with Gasteiger partial charge in [-0.3, -0.25) is 4.79 Å². The van der Waals surface area contributed by atoms with Crippen molar-refractivity contribution >= 4 is 11.9 Å². The van der Waals surface area contributed by atoms with Crippen molar-refractivity contribution in [2.24, 2.45) is 0 Å². The molecule has 0 saturated carbocycles. The number of nitrogens with two attached hydrogens (primary N) is 1. The van der Waals surface area contributed by atoms with Gasteiger partial charge in [0.15, 0.2) is 5.82 Å². The molecule has 0 bridgehead atoms. The molecule has 4 aromatic rings. The molecule has 1 saturated heterocycles. The van der Waals surface area contributed by atoms with Gasteiger partial charge in [0.05, 0.1) is 24.4 Å². The van der Waals surface area contributed by atoms with Gasteiger partial charge in [0.2, 0.25) is 5.95 Å². The highest BCUT2D eigenvalue weighted by atomic mass is 16.5. The smallest absolute Gasteiger partial charge is 0.255 e. The van der Waals surface area contributed by atoms with Crippen molar-refractivity contribution < 1.29 is 9.53 Å². The summed E-state index contributed by atoms with van der Waals surface area (Å²) in [4.78, 5) is 28.5. The molecule has 1 aliphatic rings. The van der Waals surface area contributed by atoms with Crippen LogP contribution in [-0.4, -0.2) is 49.2 Å². The van der Waals surface area contributed by atoms with Crippen LogP contribution in [0.5, 0.6) is 5.75 Å². The number of benzene rings is 1. The molecule has 2 N–H and O–H groups in total. The van der Waals surface area contributed by atoms with Crippen molar-refractivity contribution in [3.05, 3.63) is 78.5 Å². The van der Waals surface area contributed by atoms with E-state index in [4.69, 9.17) is 10.5 Å². The Labute approximate surface area is 190 Å². The second-order valence-electron chi connectivity index (χ2n) is 7.77. The van der Waals surface area contributed by atoms with Gasteiger partial charge < -0.3 is 15.4 Å². The maximum atomic E-state index is 13.4. The second-order valence-corrected chi connectivity index (χ2v) is 7.77. The van der Waals surface area contributed by atoms with E-state index >= 15 is 0 Å². The minimum Gasteiger partial charge on any atom is -0.497 e. The molecular formula is C24H23N7O2. The molecule has 0 unspecified atom stereocenters. The van der Waals surface area contributed by atoms with Crippen LogP contribution in [0, 0.1) is 0 Å². The first-order chi connectivity index (χ1) is 16.1. The van der Waals surface area contributed by atoms with Crippen LogP contribution in [0.4, 0.5) is 5.95 Å². The number of pyridine rings is 1. The van der Waals surface area contributed by atoms with Crippen molar-refractivity contribution in [2.45, 2.75) is 18.9 Å². The summed E-state index contributed by atoms with van der Waals surface area (Å²) in [6.07, 6.45) is 8.46. The van der Waals surface area contributed by atoms with Crippen molar-refractivity contribution in [1.29, 1.82) is 0 Å². The van der Waals surface area contributed by atoms with Gasteiger partial charge in [-0.1, -0.05) is 12.1 Å². The van der Waals surface area contributed by atoms with Crippen LogP contribution in [-0.2, 0) is 0 Å². The third kappa shape index (κ3) is 4.00. The van der Waals surface area contributed by atoms with E-state index in [1.54, 1.807) is 48.7 Å². The molecule has 166 valence electrons. The number of methoxy groups -OCH3 is 1. The standard InChI is InChI=1S/C24H23N7O2/c1-33-18-6-2-5-16(13-18)19-15-27-24(25)29-22(19)20-7-3-11-30(20)23(32)17-8-9-21(26-14-17)31-12-4-10-28-31/h2,4-6,8-10,12-15,20H,3,7,11H2,1H3,(H2,25,27,29)/t20-/m1/s1. The molecule has 3 aromatic heterocycles. The number of aromatic nitrogens is 5. The molecule has 1 amide bonds. The number of ether oxygens (including phenoxy) is 1. The quantitative estimate of drug-likeness (QED) is 0.506. The molecule has 1 fully saturated rings. The number of carbonyl (C=O) groups is 1. The van der Waals surface area contributed by atoms with Gasteiger partial charge in [-0.2, -0.15) is 5.10 Å². The third-order valence-corrected chi connectivity index (χ3v) is 5.78. The first-order valence-electron chi connectivity index (χ1n) is 10.7. The summed E-state index contributed by atoms with van der Waals surface area (Å²) >= 11 is 0. The Bertz CT molecular complexity index is 1270. The molecule has 0 spiro atoms. The lowest BCUT2D eigenvalue weighted by Gasteiger charge is -2.26. The first kappa shape index (κ1) is 20.6. The second kappa shape index (κ2) is 8.70. The fourth-order valence-electron chi connectivity index (χ4n) is 4.19. The van der Waals surface area contributed by atoms with E-state index < -0.39 is 0 Å². The summed E-state index contributed by atoms with van der Waals surface area (Å²) in [7, 11) is 1.63. The number of likely N-dealkylation sites (tertiary alicyclic amines) is 1. The van der Waals surface area contributed by atoms with Crippen molar-refractivity contribution in [2.75, 3.05) is 19.4 Å². The topological polar surface area (TPSA) is 112 Å². The Kier molecular flexibility index (Phi) is 5.43. The number of hydrogen-bond donors (Lipinski definition) is 1. The molecule has 0 radical (unpaired) electrons.